The van der Waals surface area contributed by atoms with Gasteiger partial charge in [0, 0.05) is 16.5 Å². The summed E-state index contributed by atoms with van der Waals surface area (Å²) in [5, 5.41) is 2.73. The summed E-state index contributed by atoms with van der Waals surface area (Å²) >= 11 is 0. The van der Waals surface area contributed by atoms with Crippen molar-refractivity contribution in [2.24, 2.45) is 23.7 Å². The van der Waals surface area contributed by atoms with E-state index in [-0.39, 0.29) is 5.41 Å². The molecule has 1 heterocycles. The van der Waals surface area contributed by atoms with Crippen molar-refractivity contribution in [2.45, 2.75) is 44.4 Å². The number of aromatic nitrogens is 3. The Labute approximate surface area is 335 Å². The Morgan fingerprint density at radius 1 is 0.526 bits per heavy atom. The molecule has 0 aliphatic heterocycles. The molecule has 0 unspecified atom stereocenters. The molecular weight excluding hydrogens is 691 g/mol. The van der Waals surface area contributed by atoms with Crippen molar-refractivity contribution < 1.29 is 0 Å². The summed E-state index contributed by atoms with van der Waals surface area (Å²) in [6.45, 7) is 5.83. The highest BCUT2D eigenvalue weighted by Crippen LogP contribution is 2.69. The number of rotatable bonds is 7. The first-order valence-corrected chi connectivity index (χ1v) is 20.7. The smallest absolute Gasteiger partial charge is 0.164 e. The molecule has 4 fully saturated rings. The Balaban J connectivity index is 0.993. The predicted molar refractivity (Wildman–Crippen MR) is 235 cm³/mol. The van der Waals surface area contributed by atoms with Gasteiger partial charge in [-0.2, -0.15) is 0 Å². The first-order valence-electron chi connectivity index (χ1n) is 20.7. The maximum absolute atomic E-state index is 5.01. The predicted octanol–water partition coefficient (Wildman–Crippen LogP) is 13.6. The van der Waals surface area contributed by atoms with Crippen LogP contribution in [0.4, 0.5) is 0 Å². The lowest BCUT2D eigenvalue weighted by Crippen LogP contribution is -2.55. The molecule has 4 bridgehead atoms. The van der Waals surface area contributed by atoms with Crippen molar-refractivity contribution in [3.63, 3.8) is 0 Å². The molecule has 57 heavy (non-hydrogen) atoms. The van der Waals surface area contributed by atoms with E-state index in [0.717, 1.165) is 45.9 Å². The number of nitrogens with zero attached hydrogens (tertiary/aromatic N) is 3. The first kappa shape index (κ1) is 34.1. The van der Waals surface area contributed by atoms with E-state index in [4.69, 9.17) is 15.0 Å². The Bertz CT molecular complexity index is 2760. The third-order valence-corrected chi connectivity index (χ3v) is 13.8. The lowest BCUT2D eigenvalue weighted by atomic mass is 9.43. The average molecular weight is 736 g/mol. The SMILES string of the molecule is C=C/C=C\C=C(/C)c1nc(-c2ccccc2)nc(-c2cccc(-c3cccc(-c4ccc5c(c4)C4(c6cc7ccccc7cc6-5)C5CC6CC(C5)CC4C6)c3)c2)n1. The molecule has 0 radical (unpaired) electrons. The summed E-state index contributed by atoms with van der Waals surface area (Å²) in [6, 6.07) is 49.4. The molecule has 4 saturated carbocycles. The van der Waals surface area contributed by atoms with Crippen LogP contribution in [-0.2, 0) is 5.41 Å². The van der Waals surface area contributed by atoms with Crippen molar-refractivity contribution in [2.75, 3.05) is 0 Å². The van der Waals surface area contributed by atoms with Crippen LogP contribution in [0.5, 0.6) is 0 Å². The van der Waals surface area contributed by atoms with E-state index in [1.54, 1.807) is 17.2 Å². The highest BCUT2D eigenvalue weighted by atomic mass is 15.0. The second-order valence-electron chi connectivity index (χ2n) is 17.0. The molecular formula is C54H45N3. The van der Waals surface area contributed by atoms with E-state index in [1.165, 1.54) is 70.7 Å². The fourth-order valence-corrected chi connectivity index (χ4v) is 11.5. The van der Waals surface area contributed by atoms with Gasteiger partial charge in [0.15, 0.2) is 17.5 Å². The van der Waals surface area contributed by atoms with Crippen LogP contribution in [0.1, 0.15) is 56.0 Å². The van der Waals surface area contributed by atoms with E-state index < -0.39 is 0 Å². The average Bonchev–Trinajstić information content (AvgIpc) is 3.53. The van der Waals surface area contributed by atoms with Crippen LogP contribution < -0.4 is 0 Å². The van der Waals surface area contributed by atoms with Crippen LogP contribution in [0.25, 0.3) is 72.5 Å². The zero-order valence-corrected chi connectivity index (χ0v) is 32.4. The monoisotopic (exact) mass is 735 g/mol. The molecule has 1 aromatic heterocycles. The van der Waals surface area contributed by atoms with Crippen molar-refractivity contribution in [3.8, 4) is 56.2 Å². The Hall–Kier alpha value is -6.19. The van der Waals surface area contributed by atoms with Crippen molar-refractivity contribution in [1.29, 1.82) is 0 Å². The maximum atomic E-state index is 5.01. The number of fused-ring (bicyclic) bond motifs is 4. The summed E-state index contributed by atoms with van der Waals surface area (Å²) in [4.78, 5) is 14.9. The molecule has 5 aliphatic carbocycles. The van der Waals surface area contributed by atoms with Gasteiger partial charge < -0.3 is 0 Å². The summed E-state index contributed by atoms with van der Waals surface area (Å²) < 4.78 is 0. The van der Waals surface area contributed by atoms with Crippen molar-refractivity contribution in [1.82, 2.24) is 15.0 Å². The van der Waals surface area contributed by atoms with Gasteiger partial charge in [0.1, 0.15) is 0 Å². The molecule has 0 saturated heterocycles. The lowest BCUT2D eigenvalue weighted by Gasteiger charge is -2.61. The van der Waals surface area contributed by atoms with Gasteiger partial charge in [-0.1, -0.05) is 134 Å². The van der Waals surface area contributed by atoms with Crippen LogP contribution in [0.15, 0.2) is 164 Å². The summed E-state index contributed by atoms with van der Waals surface area (Å²) in [6.07, 6.45) is 14.6. The molecule has 0 atom stereocenters. The van der Waals surface area contributed by atoms with Crippen molar-refractivity contribution in [3.05, 3.63) is 181 Å². The molecule has 1 spiro atoms. The molecule has 6 aromatic carbocycles. The third kappa shape index (κ3) is 5.58. The van der Waals surface area contributed by atoms with E-state index in [9.17, 15) is 0 Å². The fraction of sp³-hybridized carbons (Fsp3) is 0.204. The molecule has 276 valence electrons. The summed E-state index contributed by atoms with van der Waals surface area (Å²) in [5.41, 5.74) is 14.0. The molecule has 3 heteroatoms. The van der Waals surface area contributed by atoms with Gasteiger partial charge in [0.25, 0.3) is 0 Å². The second kappa shape index (κ2) is 13.5. The van der Waals surface area contributed by atoms with Crippen LogP contribution >= 0.6 is 0 Å². The molecule has 0 N–H and O–H groups in total. The van der Waals surface area contributed by atoms with E-state index in [1.807, 2.05) is 55.5 Å². The van der Waals surface area contributed by atoms with E-state index in [0.29, 0.717) is 17.5 Å². The van der Waals surface area contributed by atoms with Gasteiger partial charge in [0.2, 0.25) is 0 Å². The molecule has 0 amide bonds. The van der Waals surface area contributed by atoms with Crippen molar-refractivity contribution >= 4 is 16.3 Å². The Morgan fingerprint density at radius 2 is 1.09 bits per heavy atom. The molecule has 3 nitrogen and oxygen atoms in total. The number of allylic oxidation sites excluding steroid dienone is 5. The van der Waals surface area contributed by atoms with Crippen LogP contribution in [0, 0.1) is 23.7 Å². The number of benzene rings is 6. The van der Waals surface area contributed by atoms with Gasteiger partial charge in [-0.15, -0.1) is 0 Å². The lowest BCUT2D eigenvalue weighted by molar-refractivity contribution is -0.0398. The molecule has 7 aromatic rings. The van der Waals surface area contributed by atoms with E-state index in [2.05, 4.69) is 110 Å². The Morgan fingerprint density at radius 3 is 1.77 bits per heavy atom. The number of hydrogen-bond donors (Lipinski definition) is 0. The van der Waals surface area contributed by atoms with Gasteiger partial charge >= 0.3 is 0 Å². The van der Waals surface area contributed by atoms with Crippen LogP contribution in [-0.4, -0.2) is 15.0 Å². The quantitative estimate of drug-likeness (QED) is 0.153. The second-order valence-corrected chi connectivity index (χ2v) is 17.0. The van der Waals surface area contributed by atoms with Gasteiger partial charge in [0.05, 0.1) is 0 Å². The van der Waals surface area contributed by atoms with Gasteiger partial charge in [-0.3, -0.25) is 0 Å². The first-order chi connectivity index (χ1) is 28.0. The third-order valence-electron chi connectivity index (χ3n) is 13.8. The minimum Gasteiger partial charge on any atom is -0.209 e. The van der Waals surface area contributed by atoms with Gasteiger partial charge in [-0.05, 0) is 154 Å². The normalized spacial score (nSPS) is 23.0. The minimum atomic E-state index is 0.113. The highest BCUT2D eigenvalue weighted by molar-refractivity contribution is 5.95. The molecule has 5 aliphatic rings. The fourth-order valence-electron chi connectivity index (χ4n) is 11.5. The minimum absolute atomic E-state index is 0.113. The zero-order chi connectivity index (χ0) is 38.1. The summed E-state index contributed by atoms with van der Waals surface area (Å²) in [5.74, 6) is 5.24. The largest absolute Gasteiger partial charge is 0.209 e. The number of hydrogen-bond acceptors (Lipinski definition) is 3. The summed E-state index contributed by atoms with van der Waals surface area (Å²) in [7, 11) is 0. The zero-order valence-electron chi connectivity index (χ0n) is 32.4. The van der Waals surface area contributed by atoms with Crippen LogP contribution in [0.2, 0.25) is 0 Å². The molecule has 12 rings (SSSR count). The highest BCUT2D eigenvalue weighted by Gasteiger charge is 2.61. The van der Waals surface area contributed by atoms with Gasteiger partial charge in [-0.25, -0.2) is 15.0 Å². The topological polar surface area (TPSA) is 38.7 Å². The Kier molecular flexibility index (Phi) is 8.06. The van der Waals surface area contributed by atoms with Crippen LogP contribution in [0.3, 0.4) is 0 Å². The maximum Gasteiger partial charge on any atom is 0.164 e. The standard InChI is InChI=1S/C54H45N3/c1-3-4-6-13-34(2)51-55-52(37-14-7-5-8-15-37)57-53(56-51)44-21-12-20-40(30-44)38-18-11-19-39(29-38)43-22-23-47-48-31-41-16-9-10-17-42(41)32-50(48)54(49(47)33-43)45-25-35-24-36(27-45)28-46(54)26-35/h3-23,29-33,35-36,45-46H,1,24-28H2,2H3/b6-4-,34-13+. The van der Waals surface area contributed by atoms with E-state index >= 15 is 0 Å².